The van der Waals surface area contributed by atoms with Crippen LogP contribution in [-0.2, 0) is 11.3 Å². The lowest BCUT2D eigenvalue weighted by Gasteiger charge is -2.15. The third-order valence-corrected chi connectivity index (χ3v) is 5.40. The average molecular weight is 416 g/mol. The molecule has 0 amide bonds. The van der Waals surface area contributed by atoms with E-state index in [-0.39, 0.29) is 29.5 Å². The lowest BCUT2D eigenvalue weighted by Crippen LogP contribution is -2.12. The number of esters is 1. The molecule has 0 unspecified atom stereocenters. The van der Waals surface area contributed by atoms with E-state index >= 15 is 0 Å². The summed E-state index contributed by atoms with van der Waals surface area (Å²) >= 11 is 0. The maximum Gasteiger partial charge on any atom is 0.341 e. The van der Waals surface area contributed by atoms with Gasteiger partial charge in [-0.3, -0.25) is 4.68 Å². The number of fused-ring (bicyclic) bond motifs is 1. The molecule has 1 fully saturated rings. The molecule has 1 aliphatic carbocycles. The van der Waals surface area contributed by atoms with Gasteiger partial charge in [-0.1, -0.05) is 25.7 Å². The lowest BCUT2D eigenvalue weighted by atomic mass is 10.0. The van der Waals surface area contributed by atoms with Crippen LogP contribution in [0.25, 0.3) is 17.0 Å². The van der Waals surface area contributed by atoms with E-state index in [1.54, 1.807) is 11.6 Å². The van der Waals surface area contributed by atoms with E-state index in [2.05, 4.69) is 20.2 Å². The third-order valence-electron chi connectivity index (χ3n) is 5.40. The molecule has 0 atom stereocenters. The summed E-state index contributed by atoms with van der Waals surface area (Å²) in [6, 6.07) is 0. The molecule has 30 heavy (non-hydrogen) atoms. The van der Waals surface area contributed by atoms with Crippen LogP contribution >= 0.6 is 0 Å². The Hall–Kier alpha value is -3.04. The van der Waals surface area contributed by atoms with Gasteiger partial charge in [0.25, 0.3) is 11.9 Å². The van der Waals surface area contributed by atoms with Crippen molar-refractivity contribution in [2.45, 2.75) is 52.0 Å². The van der Waals surface area contributed by atoms with Crippen molar-refractivity contribution in [3.05, 3.63) is 23.9 Å². The molecule has 160 valence electrons. The Morgan fingerprint density at radius 2 is 2.00 bits per heavy atom. The van der Waals surface area contributed by atoms with Crippen molar-refractivity contribution in [2.24, 2.45) is 5.92 Å². The fourth-order valence-electron chi connectivity index (χ4n) is 3.92. The minimum Gasteiger partial charge on any atom is -0.479 e. The van der Waals surface area contributed by atoms with Crippen molar-refractivity contribution in [1.82, 2.24) is 29.5 Å². The summed E-state index contributed by atoms with van der Waals surface area (Å²) in [5.74, 6) is -0.439. The first-order chi connectivity index (χ1) is 14.6. The topological polar surface area (TPSA) is 96.9 Å². The number of halogens is 1. The third kappa shape index (κ3) is 3.99. The molecule has 0 bridgehead atoms. The molecule has 10 heteroatoms. The monoisotopic (exact) mass is 416 g/mol. The molecule has 0 spiro atoms. The number of carbonyl (C=O) groups excluding carboxylic acids is 1. The van der Waals surface area contributed by atoms with E-state index in [1.165, 1.54) is 49.9 Å². The van der Waals surface area contributed by atoms with Crippen LogP contribution in [0.2, 0.25) is 0 Å². The van der Waals surface area contributed by atoms with Gasteiger partial charge in [-0.05, 0) is 25.7 Å². The number of rotatable bonds is 6. The summed E-state index contributed by atoms with van der Waals surface area (Å²) in [5, 5.41) is 8.18. The maximum absolute atomic E-state index is 14.7. The molecule has 1 aliphatic rings. The Balaban J connectivity index is 1.69. The molecule has 4 rings (SSSR count). The quantitative estimate of drug-likeness (QED) is 0.449. The number of hydrogen-bond donors (Lipinski definition) is 0. The summed E-state index contributed by atoms with van der Waals surface area (Å²) in [6.45, 7) is 2.58. The van der Waals surface area contributed by atoms with Crippen LogP contribution in [-0.4, -0.2) is 49.2 Å². The first-order valence-corrected chi connectivity index (χ1v) is 10.3. The highest BCUT2D eigenvalue weighted by Crippen LogP contribution is 2.29. The minimum atomic E-state index is -0.682. The molecule has 0 N–H and O–H groups in total. The Morgan fingerprint density at radius 1 is 1.23 bits per heavy atom. The number of aromatic nitrogens is 6. The number of ether oxygens (including phenoxy) is 2. The molecule has 3 aromatic rings. The van der Waals surface area contributed by atoms with Crippen LogP contribution in [0, 0.1) is 11.9 Å². The van der Waals surface area contributed by atoms with Gasteiger partial charge < -0.3 is 9.47 Å². The van der Waals surface area contributed by atoms with Crippen molar-refractivity contribution < 1.29 is 18.7 Å². The van der Waals surface area contributed by atoms with Gasteiger partial charge in [0.05, 0.1) is 25.5 Å². The highest BCUT2D eigenvalue weighted by Gasteiger charge is 2.23. The predicted octanol–water partition coefficient (Wildman–Crippen LogP) is 3.31. The molecular formula is C20H25FN6O3. The van der Waals surface area contributed by atoms with Crippen LogP contribution in [0.15, 0.2) is 12.4 Å². The van der Waals surface area contributed by atoms with Gasteiger partial charge in [0, 0.05) is 12.7 Å². The number of carbonyl (C=O) groups is 1. The molecular weight excluding hydrogens is 391 g/mol. The highest BCUT2D eigenvalue weighted by molar-refractivity contribution is 5.88. The summed E-state index contributed by atoms with van der Waals surface area (Å²) < 4.78 is 28.0. The number of methoxy groups -OCH3 is 1. The van der Waals surface area contributed by atoms with Crippen molar-refractivity contribution >= 4 is 17.0 Å². The predicted molar refractivity (Wildman–Crippen MR) is 106 cm³/mol. The van der Waals surface area contributed by atoms with Gasteiger partial charge in [-0.2, -0.15) is 14.5 Å². The Morgan fingerprint density at radius 3 is 2.70 bits per heavy atom. The normalized spacial score (nSPS) is 15.3. The highest BCUT2D eigenvalue weighted by atomic mass is 19.1. The zero-order chi connectivity index (χ0) is 21.1. The molecule has 9 nitrogen and oxygen atoms in total. The van der Waals surface area contributed by atoms with E-state index in [0.717, 1.165) is 12.8 Å². The van der Waals surface area contributed by atoms with Gasteiger partial charge in [0.15, 0.2) is 11.0 Å². The van der Waals surface area contributed by atoms with Gasteiger partial charge in [-0.15, -0.1) is 5.10 Å². The van der Waals surface area contributed by atoms with Crippen molar-refractivity contribution in [2.75, 3.05) is 13.7 Å². The fraction of sp³-hybridized carbons (Fsp3) is 0.550. The molecule has 3 aromatic heterocycles. The van der Waals surface area contributed by atoms with E-state index in [1.807, 2.05) is 0 Å². The Labute approximate surface area is 173 Å². The van der Waals surface area contributed by atoms with Crippen molar-refractivity contribution in [1.29, 1.82) is 0 Å². The number of nitrogens with zero attached hydrogens (tertiary/aromatic N) is 6. The van der Waals surface area contributed by atoms with E-state index in [0.29, 0.717) is 18.0 Å². The molecule has 0 aromatic carbocycles. The van der Waals surface area contributed by atoms with Crippen molar-refractivity contribution in [3.8, 4) is 11.8 Å². The summed E-state index contributed by atoms with van der Waals surface area (Å²) in [6.07, 6.45) is 9.87. The minimum absolute atomic E-state index is 0.0682. The van der Waals surface area contributed by atoms with E-state index < -0.39 is 11.9 Å². The van der Waals surface area contributed by atoms with Gasteiger partial charge in [0.1, 0.15) is 0 Å². The van der Waals surface area contributed by atoms with Crippen molar-refractivity contribution in [3.63, 3.8) is 0 Å². The SMILES string of the molecule is CCOC(=O)c1cnn(-c2nc(OC)c3c(n2)c(F)nn3CC2CCCCCC2)c1. The largest absolute Gasteiger partial charge is 0.479 e. The second kappa shape index (κ2) is 8.76. The fourth-order valence-corrected chi connectivity index (χ4v) is 3.92. The van der Waals surface area contributed by atoms with Crippen LogP contribution < -0.4 is 4.74 Å². The van der Waals surface area contributed by atoms with Crippen LogP contribution in [0.5, 0.6) is 5.88 Å². The molecule has 0 radical (unpaired) electrons. The summed E-state index contributed by atoms with van der Waals surface area (Å²) in [7, 11) is 1.47. The van der Waals surface area contributed by atoms with Crippen LogP contribution in [0.1, 0.15) is 55.8 Å². The Kier molecular flexibility index (Phi) is 5.91. The lowest BCUT2D eigenvalue weighted by molar-refractivity contribution is 0.0526. The zero-order valence-corrected chi connectivity index (χ0v) is 17.2. The maximum atomic E-state index is 14.7. The summed E-state index contributed by atoms with van der Waals surface area (Å²) in [5.41, 5.74) is 0.753. The Bertz CT molecular complexity index is 1040. The van der Waals surface area contributed by atoms with Gasteiger partial charge in [-0.25, -0.2) is 14.5 Å². The molecule has 3 heterocycles. The molecule has 1 saturated carbocycles. The standard InChI is InChI=1S/C20H25FN6O3/c1-3-30-19(28)14-10-22-27(12-14)20-23-15-16(18(24-20)29-2)26(25-17(15)21)11-13-8-6-4-5-7-9-13/h10,12-13H,3-9,11H2,1-2H3. The van der Waals surface area contributed by atoms with E-state index in [9.17, 15) is 9.18 Å². The molecule has 0 saturated heterocycles. The first-order valence-electron chi connectivity index (χ1n) is 10.3. The van der Waals surface area contributed by atoms with E-state index in [4.69, 9.17) is 9.47 Å². The second-order valence-corrected chi connectivity index (χ2v) is 7.45. The van der Waals surface area contributed by atoms with Crippen LogP contribution in [0.3, 0.4) is 0 Å². The first kappa shape index (κ1) is 20.2. The zero-order valence-electron chi connectivity index (χ0n) is 17.2. The van der Waals surface area contributed by atoms with Crippen LogP contribution in [0.4, 0.5) is 4.39 Å². The van der Waals surface area contributed by atoms with Gasteiger partial charge in [0.2, 0.25) is 5.88 Å². The summed E-state index contributed by atoms with van der Waals surface area (Å²) in [4.78, 5) is 20.6. The smallest absolute Gasteiger partial charge is 0.341 e. The number of hydrogen-bond acceptors (Lipinski definition) is 7. The molecule has 0 aliphatic heterocycles. The second-order valence-electron chi connectivity index (χ2n) is 7.45. The average Bonchev–Trinajstić information content (AvgIpc) is 3.26. The van der Waals surface area contributed by atoms with Gasteiger partial charge >= 0.3 is 5.97 Å².